The van der Waals surface area contributed by atoms with E-state index < -0.39 is 12.2 Å². The molecule has 0 fully saturated rings. The number of phenols is 2. The van der Waals surface area contributed by atoms with E-state index in [1.54, 1.807) is 25.1 Å². The lowest BCUT2D eigenvalue weighted by Gasteiger charge is -2.28. The van der Waals surface area contributed by atoms with Crippen molar-refractivity contribution in [1.29, 1.82) is 0 Å². The number of rotatable bonds is 8. The highest BCUT2D eigenvalue weighted by Crippen LogP contribution is 2.42. The monoisotopic (exact) mass is 476 g/mol. The molecule has 0 unspecified atom stereocenters. The highest BCUT2D eigenvalue weighted by Gasteiger charge is 2.31. The Morgan fingerprint density at radius 3 is 2.31 bits per heavy atom. The fraction of sp³-hybridized carbons (Fsp3) is 0.367. The first-order valence-electron chi connectivity index (χ1n) is 12.0. The summed E-state index contributed by atoms with van der Waals surface area (Å²) in [6.45, 7) is 13.5. The number of phenolic OH excluding ortho intramolecular Hbond substituents is 2. The van der Waals surface area contributed by atoms with Gasteiger partial charge in [0, 0.05) is 12.0 Å². The van der Waals surface area contributed by atoms with Gasteiger partial charge in [-0.1, -0.05) is 35.5 Å². The van der Waals surface area contributed by atoms with Gasteiger partial charge in [-0.25, -0.2) is 0 Å². The van der Waals surface area contributed by atoms with Gasteiger partial charge in [0.15, 0.2) is 5.78 Å². The van der Waals surface area contributed by atoms with Crippen molar-refractivity contribution >= 4 is 5.78 Å². The number of hydrogen-bond donors (Lipinski definition) is 3. The number of aromatic hydroxyl groups is 2. The number of aliphatic hydroxyl groups excluding tert-OH is 1. The Bertz CT molecular complexity index is 1190. The molecule has 0 spiro atoms. The third-order valence-electron chi connectivity index (χ3n) is 6.26. The lowest BCUT2D eigenvalue weighted by atomic mass is 9.89. The van der Waals surface area contributed by atoms with Gasteiger partial charge in [-0.2, -0.15) is 0 Å². The molecule has 3 rings (SSSR count). The number of aliphatic hydroxyl groups is 1. The maximum Gasteiger partial charge on any atom is 0.170 e. The van der Waals surface area contributed by atoms with Crippen molar-refractivity contribution in [2.75, 3.05) is 0 Å². The van der Waals surface area contributed by atoms with Gasteiger partial charge in [0.1, 0.15) is 23.4 Å². The third kappa shape index (κ3) is 6.23. The van der Waals surface area contributed by atoms with Crippen molar-refractivity contribution < 1.29 is 24.9 Å². The van der Waals surface area contributed by atoms with E-state index in [0.717, 1.165) is 16.7 Å². The second-order valence-corrected chi connectivity index (χ2v) is 9.90. The summed E-state index contributed by atoms with van der Waals surface area (Å²) in [5.41, 5.74) is 5.92. The number of fused-ring (bicyclic) bond motifs is 1. The first kappa shape index (κ1) is 26.3. The van der Waals surface area contributed by atoms with Gasteiger partial charge in [-0.3, -0.25) is 4.79 Å². The molecule has 0 saturated carbocycles. The van der Waals surface area contributed by atoms with E-state index in [4.69, 9.17) is 4.74 Å². The van der Waals surface area contributed by atoms with Crippen molar-refractivity contribution in [3.8, 4) is 17.2 Å². The summed E-state index contributed by atoms with van der Waals surface area (Å²) < 4.78 is 6.37. The summed E-state index contributed by atoms with van der Waals surface area (Å²) in [6.07, 6.45) is 3.97. The molecule has 0 saturated heterocycles. The average molecular weight is 477 g/mol. The van der Waals surface area contributed by atoms with Crippen LogP contribution >= 0.6 is 0 Å². The predicted octanol–water partition coefficient (Wildman–Crippen LogP) is 6.30. The molecule has 5 nitrogen and oxygen atoms in total. The third-order valence-corrected chi connectivity index (χ3v) is 6.26. The lowest BCUT2D eigenvalue weighted by Crippen LogP contribution is -2.22. The SMILES string of the molecule is C=C(C)[C@@H](O)Cc1cc([C@@H]2CC(=O)c3ccc(O)c(CC=C(C)C)c3O2)cc(CC=C(C)C)c1O. The number of ether oxygens (including phenoxy) is 1. The number of benzene rings is 2. The molecule has 0 aromatic heterocycles. The zero-order valence-corrected chi connectivity index (χ0v) is 21.3. The second kappa shape index (κ2) is 11.0. The molecular formula is C30H36O5. The topological polar surface area (TPSA) is 87.0 Å². The first-order chi connectivity index (χ1) is 16.5. The normalized spacial score (nSPS) is 15.6. The Morgan fingerprint density at radius 2 is 1.69 bits per heavy atom. The minimum Gasteiger partial charge on any atom is -0.508 e. The van der Waals surface area contributed by atoms with Crippen molar-refractivity contribution in [3.05, 3.63) is 87.5 Å². The van der Waals surface area contributed by atoms with Crippen molar-refractivity contribution in [3.63, 3.8) is 0 Å². The van der Waals surface area contributed by atoms with E-state index >= 15 is 0 Å². The van der Waals surface area contributed by atoms with Gasteiger partial charge in [0.25, 0.3) is 0 Å². The standard InChI is InChI=1S/C30H36O5/c1-17(2)7-9-20-13-21(14-22(29(20)34)15-26(32)19(5)6)28-16-27(33)24-11-12-25(31)23(30(24)35-28)10-8-18(3)4/h7-8,11-14,26,28,31-32,34H,5,9-10,15-16H2,1-4,6H3/t26-,28-/m0/s1. The van der Waals surface area contributed by atoms with Gasteiger partial charge < -0.3 is 20.1 Å². The van der Waals surface area contributed by atoms with E-state index in [-0.39, 0.29) is 30.1 Å². The molecule has 35 heavy (non-hydrogen) atoms. The minimum absolute atomic E-state index is 0.0582. The molecular weight excluding hydrogens is 440 g/mol. The summed E-state index contributed by atoms with van der Waals surface area (Å²) in [6, 6.07) is 6.83. The molecule has 1 aliphatic heterocycles. The molecule has 0 bridgehead atoms. The van der Waals surface area contributed by atoms with Crippen LogP contribution in [0.4, 0.5) is 0 Å². The summed E-state index contributed by atoms with van der Waals surface area (Å²) in [7, 11) is 0. The van der Waals surface area contributed by atoms with E-state index in [9.17, 15) is 20.1 Å². The Morgan fingerprint density at radius 1 is 1.06 bits per heavy atom. The molecule has 0 radical (unpaired) electrons. The molecule has 186 valence electrons. The van der Waals surface area contributed by atoms with Crippen LogP contribution in [0.5, 0.6) is 17.2 Å². The van der Waals surface area contributed by atoms with E-state index in [0.29, 0.717) is 46.4 Å². The summed E-state index contributed by atoms with van der Waals surface area (Å²) in [4.78, 5) is 13.1. The van der Waals surface area contributed by atoms with E-state index in [2.05, 4.69) is 6.58 Å². The van der Waals surface area contributed by atoms with Crippen LogP contribution in [0.2, 0.25) is 0 Å². The van der Waals surface area contributed by atoms with E-state index in [1.165, 1.54) is 0 Å². The highest BCUT2D eigenvalue weighted by atomic mass is 16.5. The molecule has 0 aliphatic carbocycles. The largest absolute Gasteiger partial charge is 0.508 e. The van der Waals surface area contributed by atoms with Crippen LogP contribution in [0.1, 0.15) is 79.8 Å². The van der Waals surface area contributed by atoms with Crippen LogP contribution in [-0.2, 0) is 19.3 Å². The molecule has 5 heteroatoms. The summed E-state index contributed by atoms with van der Waals surface area (Å²) in [5.74, 6) is 0.578. The number of ketones is 1. The van der Waals surface area contributed by atoms with Gasteiger partial charge in [0.05, 0.1) is 18.1 Å². The fourth-order valence-electron chi connectivity index (χ4n) is 4.10. The zero-order chi connectivity index (χ0) is 25.9. The maximum absolute atomic E-state index is 13.1. The lowest BCUT2D eigenvalue weighted by molar-refractivity contribution is 0.0847. The molecule has 1 heterocycles. The Balaban J connectivity index is 2.08. The van der Waals surface area contributed by atoms with Gasteiger partial charge in [0.2, 0.25) is 0 Å². The molecule has 2 aromatic carbocycles. The molecule has 1 aliphatic rings. The van der Waals surface area contributed by atoms with Crippen LogP contribution in [0.3, 0.4) is 0 Å². The zero-order valence-electron chi connectivity index (χ0n) is 21.3. The molecule has 3 N–H and O–H groups in total. The van der Waals surface area contributed by atoms with Crippen LogP contribution in [0, 0.1) is 0 Å². The van der Waals surface area contributed by atoms with Gasteiger partial charge in [-0.15, -0.1) is 0 Å². The number of Topliss-reactive ketones (excluding diaryl/α,β-unsaturated/α-hetero) is 1. The highest BCUT2D eigenvalue weighted by molar-refractivity contribution is 6.00. The van der Waals surface area contributed by atoms with Crippen molar-refractivity contribution in [1.82, 2.24) is 0 Å². The quantitative estimate of drug-likeness (QED) is 0.389. The summed E-state index contributed by atoms with van der Waals surface area (Å²) >= 11 is 0. The Hall–Kier alpha value is -3.31. The van der Waals surface area contributed by atoms with Crippen molar-refractivity contribution in [2.45, 2.75) is 72.5 Å². The number of carbonyl (C=O) groups excluding carboxylic acids is 1. The number of carbonyl (C=O) groups is 1. The average Bonchev–Trinajstić information content (AvgIpc) is 2.78. The van der Waals surface area contributed by atoms with Crippen LogP contribution in [0.25, 0.3) is 0 Å². The Kier molecular flexibility index (Phi) is 8.23. The molecule has 0 amide bonds. The Labute approximate surface area is 208 Å². The maximum atomic E-state index is 13.1. The van der Waals surface area contributed by atoms with E-state index in [1.807, 2.05) is 45.9 Å². The molecule has 2 aromatic rings. The minimum atomic E-state index is -0.797. The van der Waals surface area contributed by atoms with Crippen molar-refractivity contribution in [2.24, 2.45) is 0 Å². The number of allylic oxidation sites excluding steroid dienone is 4. The van der Waals surface area contributed by atoms with Gasteiger partial charge >= 0.3 is 0 Å². The predicted molar refractivity (Wildman–Crippen MR) is 139 cm³/mol. The number of hydrogen-bond acceptors (Lipinski definition) is 5. The smallest absolute Gasteiger partial charge is 0.170 e. The first-order valence-corrected chi connectivity index (χ1v) is 12.0. The van der Waals surface area contributed by atoms with Crippen LogP contribution in [0.15, 0.2) is 59.7 Å². The van der Waals surface area contributed by atoms with Crippen LogP contribution in [-0.4, -0.2) is 27.2 Å². The van der Waals surface area contributed by atoms with Gasteiger partial charge in [-0.05, 0) is 88.4 Å². The second-order valence-electron chi connectivity index (χ2n) is 9.90. The summed E-state index contributed by atoms with van der Waals surface area (Å²) in [5, 5.41) is 31.9. The van der Waals surface area contributed by atoms with Crippen LogP contribution < -0.4 is 4.74 Å². The molecule has 2 atom stereocenters. The fourth-order valence-corrected chi connectivity index (χ4v) is 4.10.